The minimum absolute atomic E-state index is 0.117. The molecular weight excluding hydrogens is 365 g/mol. The van der Waals surface area contributed by atoms with Gasteiger partial charge in [0.1, 0.15) is 21.0 Å². The number of carbonyl (C=O) groups excluding carboxylic acids is 1. The van der Waals surface area contributed by atoms with Gasteiger partial charge in [-0.2, -0.15) is 0 Å². The van der Waals surface area contributed by atoms with E-state index in [9.17, 15) is 17.6 Å². The van der Waals surface area contributed by atoms with Gasteiger partial charge in [0.05, 0.1) is 6.26 Å². The van der Waals surface area contributed by atoms with Gasteiger partial charge < -0.3 is 9.73 Å². The normalized spacial score (nSPS) is 12.7. The van der Waals surface area contributed by atoms with E-state index in [-0.39, 0.29) is 22.1 Å². The molecule has 0 aliphatic rings. The summed E-state index contributed by atoms with van der Waals surface area (Å²) in [5.74, 6) is -0.869. The fraction of sp³-hybridized carbons (Fsp3) is 0.118. The molecule has 3 rings (SSSR count). The summed E-state index contributed by atoms with van der Waals surface area (Å²) in [6, 6.07) is 11.5. The second-order valence-electron chi connectivity index (χ2n) is 5.20. The number of amides is 1. The molecule has 0 spiro atoms. The maximum absolute atomic E-state index is 13.2. The zero-order valence-corrected chi connectivity index (χ0v) is 14.5. The summed E-state index contributed by atoms with van der Waals surface area (Å²) in [5, 5.41) is 3.14. The number of rotatable bonds is 6. The van der Waals surface area contributed by atoms with Crippen LogP contribution in [0.2, 0.25) is 0 Å². The Hall–Kier alpha value is -2.45. The van der Waals surface area contributed by atoms with Crippen molar-refractivity contribution in [3.63, 3.8) is 0 Å². The summed E-state index contributed by atoms with van der Waals surface area (Å²) in [4.78, 5) is 12.2. The Labute approximate surface area is 148 Å². The van der Waals surface area contributed by atoms with E-state index < -0.39 is 26.8 Å². The van der Waals surface area contributed by atoms with Crippen molar-refractivity contribution in [2.75, 3.05) is 6.54 Å². The molecule has 0 aliphatic heterocycles. The molecule has 25 heavy (non-hydrogen) atoms. The van der Waals surface area contributed by atoms with Gasteiger partial charge in [0, 0.05) is 12.1 Å². The summed E-state index contributed by atoms with van der Waals surface area (Å²) in [6.45, 7) is -0.191. The summed E-state index contributed by atoms with van der Waals surface area (Å²) in [7, 11) is -3.73. The van der Waals surface area contributed by atoms with E-state index in [0.717, 1.165) is 17.4 Å². The van der Waals surface area contributed by atoms with Crippen LogP contribution in [0.15, 0.2) is 68.8 Å². The van der Waals surface area contributed by atoms with Gasteiger partial charge in [-0.3, -0.25) is 4.79 Å². The summed E-state index contributed by atoms with van der Waals surface area (Å²) in [6.07, 6.45) is 1.38. The molecule has 2 heterocycles. The number of halogens is 1. The standard InChI is InChI=1S/C17H14FNO4S2/c18-13-5-1-4-12(10-13)17(20)19-11-15(14-6-2-8-23-14)25(21,22)16-7-3-9-24-16/h1-10,15H,11H2,(H,19,20)/t15-/m1/s1. The molecule has 1 atom stereocenters. The number of hydrogen-bond donors (Lipinski definition) is 1. The average Bonchev–Trinajstić information content (AvgIpc) is 3.28. The topological polar surface area (TPSA) is 76.4 Å². The Kier molecular flexibility index (Phi) is 5.00. The van der Waals surface area contributed by atoms with Crippen LogP contribution in [-0.2, 0) is 9.84 Å². The molecule has 1 aromatic carbocycles. The number of carbonyl (C=O) groups is 1. The molecule has 1 N–H and O–H groups in total. The Balaban J connectivity index is 1.83. The maximum Gasteiger partial charge on any atom is 0.251 e. The number of benzene rings is 1. The zero-order valence-electron chi connectivity index (χ0n) is 12.9. The van der Waals surface area contributed by atoms with Gasteiger partial charge in [0.2, 0.25) is 0 Å². The van der Waals surface area contributed by atoms with E-state index in [4.69, 9.17) is 4.42 Å². The second-order valence-corrected chi connectivity index (χ2v) is 8.51. The van der Waals surface area contributed by atoms with Gasteiger partial charge >= 0.3 is 0 Å². The minimum Gasteiger partial charge on any atom is -0.468 e. The number of hydrogen-bond acceptors (Lipinski definition) is 5. The molecular formula is C17H14FNO4S2. The van der Waals surface area contributed by atoms with Crippen LogP contribution in [0.5, 0.6) is 0 Å². The van der Waals surface area contributed by atoms with Crippen molar-refractivity contribution in [2.45, 2.75) is 9.46 Å². The van der Waals surface area contributed by atoms with Crippen LogP contribution in [0.4, 0.5) is 4.39 Å². The molecule has 3 aromatic rings. The number of nitrogens with one attached hydrogen (secondary N) is 1. The van der Waals surface area contributed by atoms with Crippen molar-refractivity contribution in [3.8, 4) is 0 Å². The van der Waals surface area contributed by atoms with Crippen LogP contribution >= 0.6 is 11.3 Å². The third kappa shape index (κ3) is 3.80. The van der Waals surface area contributed by atoms with Crippen LogP contribution in [0.1, 0.15) is 21.4 Å². The summed E-state index contributed by atoms with van der Waals surface area (Å²) >= 11 is 1.10. The van der Waals surface area contributed by atoms with Crippen LogP contribution in [0, 0.1) is 5.82 Å². The number of sulfone groups is 1. The fourth-order valence-electron chi connectivity index (χ4n) is 2.32. The van der Waals surface area contributed by atoms with Gasteiger partial charge in [-0.1, -0.05) is 12.1 Å². The predicted molar refractivity (Wildman–Crippen MR) is 91.7 cm³/mol. The highest BCUT2D eigenvalue weighted by atomic mass is 32.2. The highest BCUT2D eigenvalue weighted by Crippen LogP contribution is 2.31. The van der Waals surface area contributed by atoms with Crippen molar-refractivity contribution in [2.24, 2.45) is 0 Å². The van der Waals surface area contributed by atoms with Crippen molar-refractivity contribution in [3.05, 3.63) is 77.3 Å². The minimum atomic E-state index is -3.73. The van der Waals surface area contributed by atoms with Crippen LogP contribution in [0.25, 0.3) is 0 Å². The average molecular weight is 379 g/mol. The molecule has 0 bridgehead atoms. The SMILES string of the molecule is O=C(NC[C@H](c1ccco1)S(=O)(=O)c1cccs1)c1cccc(F)c1. The lowest BCUT2D eigenvalue weighted by Crippen LogP contribution is -2.31. The van der Waals surface area contributed by atoms with E-state index in [2.05, 4.69) is 5.32 Å². The van der Waals surface area contributed by atoms with Crippen molar-refractivity contribution in [1.82, 2.24) is 5.32 Å². The zero-order chi connectivity index (χ0) is 17.9. The van der Waals surface area contributed by atoms with Gasteiger partial charge in [-0.05, 0) is 41.8 Å². The fourth-order valence-corrected chi connectivity index (χ4v) is 5.11. The van der Waals surface area contributed by atoms with E-state index in [1.807, 2.05) is 0 Å². The maximum atomic E-state index is 13.2. The smallest absolute Gasteiger partial charge is 0.251 e. The Morgan fingerprint density at radius 1 is 1.20 bits per heavy atom. The first-order chi connectivity index (χ1) is 12.0. The predicted octanol–water partition coefficient (Wildman–Crippen LogP) is 3.43. The molecule has 8 heteroatoms. The van der Waals surface area contributed by atoms with Crippen LogP contribution in [0.3, 0.4) is 0 Å². The van der Waals surface area contributed by atoms with Crippen LogP contribution in [-0.4, -0.2) is 20.9 Å². The first kappa shape index (κ1) is 17.4. The lowest BCUT2D eigenvalue weighted by molar-refractivity contribution is 0.0952. The lowest BCUT2D eigenvalue weighted by Gasteiger charge is -2.15. The quantitative estimate of drug-likeness (QED) is 0.712. The molecule has 0 aliphatic carbocycles. The molecule has 2 aromatic heterocycles. The molecule has 1 amide bonds. The van der Waals surface area contributed by atoms with Crippen molar-refractivity contribution in [1.29, 1.82) is 0 Å². The summed E-state index contributed by atoms with van der Waals surface area (Å²) < 4.78 is 44.3. The molecule has 0 unspecified atom stereocenters. The molecule has 0 fully saturated rings. The Morgan fingerprint density at radius 2 is 2.04 bits per heavy atom. The van der Waals surface area contributed by atoms with Gasteiger partial charge in [-0.25, -0.2) is 12.8 Å². The molecule has 0 saturated heterocycles. The van der Waals surface area contributed by atoms with Crippen LogP contribution < -0.4 is 5.32 Å². The summed E-state index contributed by atoms with van der Waals surface area (Å²) in [5.41, 5.74) is 0.117. The van der Waals surface area contributed by atoms with E-state index >= 15 is 0 Å². The third-order valence-electron chi connectivity index (χ3n) is 3.55. The first-order valence-electron chi connectivity index (χ1n) is 7.33. The molecule has 0 saturated carbocycles. The molecule has 5 nitrogen and oxygen atoms in total. The largest absolute Gasteiger partial charge is 0.468 e. The van der Waals surface area contributed by atoms with Crippen molar-refractivity contribution < 1.29 is 22.0 Å². The van der Waals surface area contributed by atoms with E-state index in [1.165, 1.54) is 30.5 Å². The highest BCUT2D eigenvalue weighted by Gasteiger charge is 2.32. The van der Waals surface area contributed by atoms with Crippen molar-refractivity contribution >= 4 is 27.1 Å². The lowest BCUT2D eigenvalue weighted by atomic mass is 10.2. The van der Waals surface area contributed by atoms with Gasteiger partial charge in [0.15, 0.2) is 9.84 Å². The highest BCUT2D eigenvalue weighted by molar-refractivity contribution is 7.93. The molecule has 0 radical (unpaired) electrons. The first-order valence-corrected chi connectivity index (χ1v) is 9.75. The molecule has 130 valence electrons. The number of thiophene rings is 1. The Morgan fingerprint density at radius 3 is 2.68 bits per heavy atom. The number of furan rings is 1. The monoisotopic (exact) mass is 379 g/mol. The third-order valence-corrected chi connectivity index (χ3v) is 7.04. The van der Waals surface area contributed by atoms with Gasteiger partial charge in [0.25, 0.3) is 5.91 Å². The van der Waals surface area contributed by atoms with Gasteiger partial charge in [-0.15, -0.1) is 11.3 Å². The second kappa shape index (κ2) is 7.20. The Bertz CT molecular complexity index is 950. The van der Waals surface area contributed by atoms with E-state index in [0.29, 0.717) is 0 Å². The van der Waals surface area contributed by atoms with E-state index in [1.54, 1.807) is 23.6 Å².